The van der Waals surface area contributed by atoms with Crippen molar-refractivity contribution in [3.63, 3.8) is 0 Å². The van der Waals surface area contributed by atoms with Gasteiger partial charge >= 0.3 is 0 Å². The molecule has 0 aliphatic heterocycles. The van der Waals surface area contributed by atoms with Crippen molar-refractivity contribution in [2.75, 3.05) is 13.2 Å². The third kappa shape index (κ3) is 9.86. The molecule has 3 aromatic rings. The van der Waals surface area contributed by atoms with E-state index in [0.717, 1.165) is 28.4 Å². The minimum absolute atomic E-state index is 0.0748. The molecule has 0 saturated carbocycles. The van der Waals surface area contributed by atoms with Gasteiger partial charge in [-0.3, -0.25) is 9.59 Å². The molecule has 0 aliphatic carbocycles. The van der Waals surface area contributed by atoms with Crippen LogP contribution in [0.4, 0.5) is 0 Å². The fourth-order valence-electron chi connectivity index (χ4n) is 3.93. The predicted molar refractivity (Wildman–Crippen MR) is 153 cm³/mol. The van der Waals surface area contributed by atoms with E-state index in [1.165, 1.54) is 0 Å². The molecule has 3 aromatic carbocycles. The number of nitrogens with one attached hydrogen (secondary N) is 1. The molecule has 1 atom stereocenters. The lowest BCUT2D eigenvalue weighted by atomic mass is 10.0. The second kappa shape index (κ2) is 15.4. The van der Waals surface area contributed by atoms with Crippen LogP contribution in [0.1, 0.15) is 43.7 Å². The Morgan fingerprint density at radius 3 is 2.32 bits per heavy atom. The number of hydrogen-bond acceptors (Lipinski definition) is 3. The van der Waals surface area contributed by atoms with Gasteiger partial charge in [0.05, 0.1) is 6.61 Å². The van der Waals surface area contributed by atoms with Gasteiger partial charge < -0.3 is 15.0 Å². The molecule has 0 spiro atoms. The zero-order valence-corrected chi connectivity index (χ0v) is 23.5. The van der Waals surface area contributed by atoms with Crippen molar-refractivity contribution in [2.24, 2.45) is 0 Å². The molecule has 2 amide bonds. The summed E-state index contributed by atoms with van der Waals surface area (Å²) in [6, 6.07) is 24.2. The van der Waals surface area contributed by atoms with Gasteiger partial charge in [0, 0.05) is 35.4 Å². The summed E-state index contributed by atoms with van der Waals surface area (Å²) in [4.78, 5) is 28.7. The first-order valence-electron chi connectivity index (χ1n) is 12.7. The van der Waals surface area contributed by atoms with Gasteiger partial charge in [-0.25, -0.2) is 0 Å². The fourth-order valence-corrected chi connectivity index (χ4v) is 4.32. The van der Waals surface area contributed by atoms with Gasteiger partial charge in [0.1, 0.15) is 11.8 Å². The molecule has 37 heavy (non-hydrogen) atoms. The van der Waals surface area contributed by atoms with E-state index in [1.807, 2.05) is 54.6 Å². The third-order valence-electron chi connectivity index (χ3n) is 5.98. The van der Waals surface area contributed by atoms with Crippen LogP contribution in [-0.4, -0.2) is 35.9 Å². The van der Waals surface area contributed by atoms with Gasteiger partial charge in [0.25, 0.3) is 0 Å². The minimum atomic E-state index is -0.618. The van der Waals surface area contributed by atoms with E-state index < -0.39 is 6.04 Å². The molecule has 0 bridgehead atoms. The molecule has 0 heterocycles. The number of unbranched alkanes of at least 4 members (excludes halogenated alkanes) is 1. The van der Waals surface area contributed by atoms with Gasteiger partial charge in [0.2, 0.25) is 11.8 Å². The zero-order chi connectivity index (χ0) is 26.5. The van der Waals surface area contributed by atoms with Crippen LogP contribution < -0.4 is 10.1 Å². The Hall–Kier alpha value is -2.83. The van der Waals surface area contributed by atoms with Crippen molar-refractivity contribution in [3.8, 4) is 5.75 Å². The third-order valence-corrected chi connectivity index (χ3v) is 6.76. The van der Waals surface area contributed by atoms with Crippen LogP contribution in [-0.2, 0) is 22.6 Å². The average molecular weight is 586 g/mol. The van der Waals surface area contributed by atoms with Crippen LogP contribution in [0.3, 0.4) is 0 Å². The van der Waals surface area contributed by atoms with Crippen LogP contribution in [0.25, 0.3) is 0 Å². The monoisotopic (exact) mass is 584 g/mol. The highest BCUT2D eigenvalue weighted by Gasteiger charge is 2.30. The number of rotatable bonds is 14. The Labute approximate surface area is 233 Å². The highest BCUT2D eigenvalue weighted by molar-refractivity contribution is 9.10. The van der Waals surface area contributed by atoms with Crippen LogP contribution in [0.5, 0.6) is 5.75 Å². The maximum Gasteiger partial charge on any atom is 0.243 e. The van der Waals surface area contributed by atoms with Crippen molar-refractivity contribution in [2.45, 2.75) is 51.6 Å². The van der Waals surface area contributed by atoms with E-state index in [0.29, 0.717) is 43.3 Å². The topological polar surface area (TPSA) is 58.6 Å². The lowest BCUT2D eigenvalue weighted by Gasteiger charge is -2.31. The highest BCUT2D eigenvalue weighted by Crippen LogP contribution is 2.19. The summed E-state index contributed by atoms with van der Waals surface area (Å²) in [6.07, 6.45) is 3.14. The number of halogens is 2. The van der Waals surface area contributed by atoms with E-state index in [-0.39, 0.29) is 18.2 Å². The summed E-state index contributed by atoms with van der Waals surface area (Å²) in [7, 11) is 0. The van der Waals surface area contributed by atoms with Gasteiger partial charge in [0.15, 0.2) is 0 Å². The quantitative estimate of drug-likeness (QED) is 0.211. The molecule has 0 aromatic heterocycles. The lowest BCUT2D eigenvalue weighted by molar-refractivity contribution is -0.141. The van der Waals surface area contributed by atoms with E-state index in [1.54, 1.807) is 29.2 Å². The number of carbonyl (C=O) groups excluding carboxylic acids is 2. The molecule has 0 aliphatic rings. The van der Waals surface area contributed by atoms with Crippen molar-refractivity contribution < 1.29 is 14.3 Å². The summed E-state index contributed by atoms with van der Waals surface area (Å²) in [5.41, 5.74) is 1.98. The molecule has 1 N–H and O–H groups in total. The Morgan fingerprint density at radius 1 is 0.946 bits per heavy atom. The average Bonchev–Trinajstić information content (AvgIpc) is 2.91. The van der Waals surface area contributed by atoms with Crippen molar-refractivity contribution in [3.05, 3.63) is 99.5 Å². The number of nitrogens with zero attached hydrogens (tertiary/aromatic N) is 1. The van der Waals surface area contributed by atoms with Gasteiger partial charge in [-0.05, 0) is 60.4 Å². The summed E-state index contributed by atoms with van der Waals surface area (Å²) < 4.78 is 6.74. The number of hydrogen-bond donors (Lipinski definition) is 1. The second-order valence-corrected chi connectivity index (χ2v) is 10.3. The summed E-state index contributed by atoms with van der Waals surface area (Å²) in [5.74, 6) is 0.509. The first kappa shape index (κ1) is 28.7. The normalized spacial score (nSPS) is 11.5. The van der Waals surface area contributed by atoms with E-state index >= 15 is 0 Å². The largest absolute Gasteiger partial charge is 0.494 e. The Morgan fingerprint density at radius 2 is 1.65 bits per heavy atom. The number of amides is 2. The first-order valence-corrected chi connectivity index (χ1v) is 13.9. The molecular formula is C30H34BrClN2O3. The van der Waals surface area contributed by atoms with Crippen LogP contribution >= 0.6 is 27.5 Å². The number of benzene rings is 3. The molecular weight excluding hydrogens is 552 g/mol. The molecule has 0 unspecified atom stereocenters. The van der Waals surface area contributed by atoms with Crippen LogP contribution in [0, 0.1) is 0 Å². The van der Waals surface area contributed by atoms with Gasteiger partial charge in [-0.15, -0.1) is 0 Å². The molecule has 196 valence electrons. The van der Waals surface area contributed by atoms with Crippen molar-refractivity contribution in [1.29, 1.82) is 0 Å². The maximum atomic E-state index is 13.6. The van der Waals surface area contributed by atoms with Crippen molar-refractivity contribution >= 4 is 39.3 Å². The predicted octanol–water partition coefficient (Wildman–Crippen LogP) is 6.82. The summed E-state index contributed by atoms with van der Waals surface area (Å²) >= 11 is 9.41. The number of carbonyl (C=O) groups is 2. The zero-order valence-electron chi connectivity index (χ0n) is 21.2. The Kier molecular flexibility index (Phi) is 12.0. The maximum absolute atomic E-state index is 13.6. The Bertz CT molecular complexity index is 1110. The molecule has 3 rings (SSSR count). The standard InChI is InChI=1S/C30H34BrClN2O3/c1-2-3-19-33-30(36)28(21-23-8-5-4-6-9-23)34(22-24-11-13-25(31)14-12-24)29(35)10-7-20-37-27-17-15-26(32)16-18-27/h4-6,8-9,11-18,28H,2-3,7,10,19-22H2,1H3,(H,33,36)/t28-/m0/s1. The molecule has 0 fully saturated rings. The highest BCUT2D eigenvalue weighted by atomic mass is 79.9. The smallest absolute Gasteiger partial charge is 0.243 e. The first-order chi connectivity index (χ1) is 18.0. The van der Waals surface area contributed by atoms with E-state index in [4.69, 9.17) is 16.3 Å². The van der Waals surface area contributed by atoms with Crippen molar-refractivity contribution in [1.82, 2.24) is 10.2 Å². The minimum Gasteiger partial charge on any atom is -0.494 e. The summed E-state index contributed by atoms with van der Waals surface area (Å²) in [6.45, 7) is 3.42. The Balaban J connectivity index is 1.76. The fraction of sp³-hybridized carbons (Fsp3) is 0.333. The lowest BCUT2D eigenvalue weighted by Crippen LogP contribution is -2.50. The van der Waals surface area contributed by atoms with Crippen LogP contribution in [0.15, 0.2) is 83.3 Å². The SMILES string of the molecule is CCCCNC(=O)[C@H](Cc1ccccc1)N(Cc1ccc(Br)cc1)C(=O)CCCOc1ccc(Cl)cc1. The summed E-state index contributed by atoms with van der Waals surface area (Å²) in [5, 5.41) is 3.70. The molecule has 0 saturated heterocycles. The van der Waals surface area contributed by atoms with E-state index in [9.17, 15) is 9.59 Å². The second-order valence-electron chi connectivity index (χ2n) is 8.90. The van der Waals surface area contributed by atoms with E-state index in [2.05, 4.69) is 28.2 Å². The van der Waals surface area contributed by atoms with Gasteiger partial charge in [-0.2, -0.15) is 0 Å². The van der Waals surface area contributed by atoms with Crippen LogP contribution in [0.2, 0.25) is 5.02 Å². The van der Waals surface area contributed by atoms with Gasteiger partial charge in [-0.1, -0.05) is 83.3 Å². The molecule has 7 heteroatoms. The molecule has 5 nitrogen and oxygen atoms in total. The molecule has 0 radical (unpaired) electrons. The number of ether oxygens (including phenoxy) is 1.